The van der Waals surface area contributed by atoms with Crippen LogP contribution < -0.4 is 5.32 Å². The highest BCUT2D eigenvalue weighted by Crippen LogP contribution is 2.23. The second-order valence-electron chi connectivity index (χ2n) is 21.8. The van der Waals surface area contributed by atoms with Crippen molar-refractivity contribution in [3.8, 4) is 0 Å². The number of rotatable bonds is 54. The monoisotopic (exact) mass is 1090 g/mol. The van der Waals surface area contributed by atoms with Crippen LogP contribution in [0.25, 0.3) is 0 Å². The van der Waals surface area contributed by atoms with Crippen molar-refractivity contribution in [2.24, 2.45) is 0 Å². The van der Waals surface area contributed by atoms with Crippen LogP contribution in [0.5, 0.6) is 0 Å². The Bertz CT molecular complexity index is 1590. The molecule has 448 valence electrons. The zero-order valence-corrected chi connectivity index (χ0v) is 49.9. The lowest BCUT2D eigenvalue weighted by Gasteiger charge is -2.40. The molecule has 1 amide bonds. The normalized spacial score (nSPS) is 19.4. The topological polar surface area (TPSA) is 149 Å². The quantitative estimate of drug-likeness (QED) is 0.0261. The molecule has 1 heterocycles. The van der Waals surface area contributed by atoms with Crippen LogP contribution in [0.3, 0.4) is 0 Å². The van der Waals surface area contributed by atoms with Gasteiger partial charge in [0.2, 0.25) is 5.91 Å². The molecule has 6 N–H and O–H groups in total. The number of amides is 1. The fourth-order valence-electron chi connectivity index (χ4n) is 9.57. The summed E-state index contributed by atoms with van der Waals surface area (Å²) in [6.45, 7) is 3.65. The van der Waals surface area contributed by atoms with Crippen LogP contribution in [-0.4, -0.2) is 87.5 Å². The standard InChI is InChI=1S/C69H119NO8/c1-3-5-7-9-11-13-15-17-19-21-22-23-24-25-26-27-28-29-30-31-32-33-34-35-36-37-38-39-40-41-42-43-45-47-49-51-53-55-57-59-65(73)70-62(61-77-69-68(76)67(75)66(74)64(60-71)78-69)63(72)58-56-54-52-50-48-46-44-20-18-16-14-12-10-8-6-4-2/h5,7,11,13,17,19,22-23,25-26,28-29,31-32,48,50,56,58,62-64,66-69,71-72,74-76H,3-4,6,8-10,12,14-16,18,20-21,24,27,30,33-47,49,51-55,57,59-61H2,1-2H3,(H,70,73)/b7-5-,13-11-,19-17-,23-22-,26-25-,29-28-,32-31-,50-48+,58-56+. The van der Waals surface area contributed by atoms with Gasteiger partial charge in [-0.2, -0.15) is 0 Å². The molecule has 7 atom stereocenters. The molecule has 0 spiro atoms. The minimum atomic E-state index is -1.58. The number of allylic oxidation sites excluding steroid dienone is 17. The van der Waals surface area contributed by atoms with E-state index in [0.29, 0.717) is 6.42 Å². The minimum Gasteiger partial charge on any atom is -0.394 e. The lowest BCUT2D eigenvalue weighted by molar-refractivity contribution is -0.302. The zero-order valence-electron chi connectivity index (χ0n) is 49.9. The van der Waals surface area contributed by atoms with E-state index in [4.69, 9.17) is 9.47 Å². The predicted octanol–water partition coefficient (Wildman–Crippen LogP) is 16.9. The highest BCUT2D eigenvalue weighted by Gasteiger charge is 2.44. The van der Waals surface area contributed by atoms with Crippen LogP contribution in [0, 0.1) is 0 Å². The molecule has 0 aliphatic carbocycles. The highest BCUT2D eigenvalue weighted by atomic mass is 16.7. The number of unbranched alkanes of at least 4 members (excludes halogenated alkanes) is 28. The smallest absolute Gasteiger partial charge is 0.220 e. The summed E-state index contributed by atoms with van der Waals surface area (Å²) in [5, 5.41) is 54.5. The molecule has 0 aromatic heterocycles. The minimum absolute atomic E-state index is 0.188. The Kier molecular flexibility index (Phi) is 53.3. The fraction of sp³-hybridized carbons (Fsp3) is 0.725. The van der Waals surface area contributed by atoms with E-state index >= 15 is 0 Å². The van der Waals surface area contributed by atoms with Gasteiger partial charge in [0, 0.05) is 6.42 Å². The average molecular weight is 1090 g/mol. The molecule has 9 nitrogen and oxygen atoms in total. The molecule has 0 aromatic carbocycles. The number of carbonyl (C=O) groups excluding carboxylic acids is 1. The Balaban J connectivity index is 2.11. The van der Waals surface area contributed by atoms with Gasteiger partial charge in [0.25, 0.3) is 0 Å². The summed E-state index contributed by atoms with van der Waals surface area (Å²) in [5.74, 6) is -0.188. The maximum absolute atomic E-state index is 13.1. The molecule has 1 rings (SSSR count). The highest BCUT2D eigenvalue weighted by molar-refractivity contribution is 5.76. The van der Waals surface area contributed by atoms with Crippen molar-refractivity contribution in [2.45, 2.75) is 307 Å². The molecular weight excluding hydrogens is 971 g/mol. The number of nitrogens with one attached hydrogen (secondary N) is 1. The summed E-state index contributed by atoms with van der Waals surface area (Å²) in [5.41, 5.74) is 0. The van der Waals surface area contributed by atoms with Crippen molar-refractivity contribution in [3.63, 3.8) is 0 Å². The van der Waals surface area contributed by atoms with E-state index in [0.717, 1.165) is 83.5 Å². The summed E-state index contributed by atoms with van der Waals surface area (Å²) in [7, 11) is 0. The van der Waals surface area contributed by atoms with Gasteiger partial charge >= 0.3 is 0 Å². The third-order valence-electron chi connectivity index (χ3n) is 14.6. The number of aliphatic hydroxyl groups is 5. The van der Waals surface area contributed by atoms with Crippen LogP contribution in [0.4, 0.5) is 0 Å². The molecule has 0 aromatic rings. The molecule has 9 heteroatoms. The maximum Gasteiger partial charge on any atom is 0.220 e. The molecule has 0 saturated carbocycles. The number of aliphatic hydroxyl groups excluding tert-OH is 5. The molecule has 78 heavy (non-hydrogen) atoms. The average Bonchev–Trinajstić information content (AvgIpc) is 3.45. The molecule has 1 saturated heterocycles. The van der Waals surface area contributed by atoms with E-state index in [-0.39, 0.29) is 12.5 Å². The summed E-state index contributed by atoms with van der Waals surface area (Å²) in [4.78, 5) is 13.1. The largest absolute Gasteiger partial charge is 0.394 e. The lowest BCUT2D eigenvalue weighted by atomic mass is 9.99. The number of hydrogen-bond acceptors (Lipinski definition) is 8. The Morgan fingerprint density at radius 2 is 0.808 bits per heavy atom. The Hall–Kier alpha value is -3.15. The van der Waals surface area contributed by atoms with Crippen molar-refractivity contribution in [2.75, 3.05) is 13.2 Å². The van der Waals surface area contributed by atoms with Gasteiger partial charge < -0.3 is 40.3 Å². The predicted molar refractivity (Wildman–Crippen MR) is 331 cm³/mol. The van der Waals surface area contributed by atoms with E-state index in [9.17, 15) is 30.3 Å². The Labute approximate surface area is 478 Å². The second-order valence-corrected chi connectivity index (χ2v) is 21.8. The third-order valence-corrected chi connectivity index (χ3v) is 14.6. The van der Waals surface area contributed by atoms with E-state index < -0.39 is 49.5 Å². The van der Waals surface area contributed by atoms with Gasteiger partial charge in [-0.1, -0.05) is 277 Å². The van der Waals surface area contributed by atoms with Crippen molar-refractivity contribution >= 4 is 5.91 Å². The third kappa shape index (κ3) is 45.6. The molecule has 1 aliphatic heterocycles. The van der Waals surface area contributed by atoms with Gasteiger partial charge in [0.05, 0.1) is 25.4 Å². The first-order valence-electron chi connectivity index (χ1n) is 32.1. The van der Waals surface area contributed by atoms with Gasteiger partial charge in [-0.3, -0.25) is 4.79 Å². The lowest BCUT2D eigenvalue weighted by Crippen LogP contribution is -2.60. The van der Waals surface area contributed by atoms with Crippen LogP contribution in [0.1, 0.15) is 264 Å². The second kappa shape index (κ2) is 57.1. The molecular formula is C69H119NO8. The van der Waals surface area contributed by atoms with Gasteiger partial charge in [0.1, 0.15) is 24.4 Å². The van der Waals surface area contributed by atoms with E-state index in [1.165, 1.54) is 161 Å². The van der Waals surface area contributed by atoms with Gasteiger partial charge in [-0.05, 0) is 89.9 Å². The van der Waals surface area contributed by atoms with Crippen molar-refractivity contribution in [1.29, 1.82) is 0 Å². The zero-order chi connectivity index (χ0) is 56.5. The number of ether oxygens (including phenoxy) is 2. The summed E-state index contributed by atoms with van der Waals surface area (Å²) < 4.78 is 11.3. The van der Waals surface area contributed by atoms with Gasteiger partial charge in [0.15, 0.2) is 6.29 Å². The summed E-state index contributed by atoms with van der Waals surface area (Å²) in [6.07, 6.45) is 77.5. The van der Waals surface area contributed by atoms with E-state index in [1.807, 2.05) is 6.08 Å². The van der Waals surface area contributed by atoms with Crippen LogP contribution >= 0.6 is 0 Å². The Morgan fingerprint density at radius 3 is 1.23 bits per heavy atom. The summed E-state index contributed by atoms with van der Waals surface area (Å²) in [6, 6.07) is -0.826. The molecule has 0 bridgehead atoms. The van der Waals surface area contributed by atoms with Gasteiger partial charge in [-0.25, -0.2) is 0 Å². The molecule has 7 unspecified atom stereocenters. The van der Waals surface area contributed by atoms with Gasteiger partial charge in [-0.15, -0.1) is 0 Å². The first-order valence-corrected chi connectivity index (χ1v) is 32.1. The number of hydrogen-bond donors (Lipinski definition) is 6. The van der Waals surface area contributed by atoms with E-state index in [2.05, 4.69) is 116 Å². The van der Waals surface area contributed by atoms with Crippen molar-refractivity contribution in [1.82, 2.24) is 5.32 Å². The molecule has 1 aliphatic rings. The first-order chi connectivity index (χ1) is 38.3. The van der Waals surface area contributed by atoms with E-state index in [1.54, 1.807) is 6.08 Å². The van der Waals surface area contributed by atoms with Crippen LogP contribution in [0.2, 0.25) is 0 Å². The maximum atomic E-state index is 13.1. The van der Waals surface area contributed by atoms with Crippen molar-refractivity contribution < 1.29 is 39.8 Å². The Morgan fingerprint density at radius 1 is 0.449 bits per heavy atom. The van der Waals surface area contributed by atoms with Crippen LogP contribution in [-0.2, 0) is 14.3 Å². The SMILES string of the molecule is CC/C=C\C/C=C\C/C=C\C/C=C\C/C=C\C/C=C\C/C=C\CCCCCCCCCCCCCCCCCCCC(=O)NC(COC1OC(CO)C(O)C(O)C1O)C(O)/C=C/CC/C=C/CCCCCCCCCCCC. The summed E-state index contributed by atoms with van der Waals surface area (Å²) >= 11 is 0. The van der Waals surface area contributed by atoms with Crippen molar-refractivity contribution in [3.05, 3.63) is 109 Å². The molecule has 1 fully saturated rings. The molecule has 0 radical (unpaired) electrons. The fourth-order valence-corrected chi connectivity index (χ4v) is 9.57. The van der Waals surface area contributed by atoms with Crippen LogP contribution in [0.15, 0.2) is 109 Å². The number of carbonyl (C=O) groups is 1. The first kappa shape index (κ1) is 72.9.